The molecule has 8 nitrogen and oxygen atoms in total. The van der Waals surface area contributed by atoms with Crippen LogP contribution in [0, 0.1) is 5.92 Å². The van der Waals surface area contributed by atoms with Gasteiger partial charge in [-0.2, -0.15) is 4.31 Å². The van der Waals surface area contributed by atoms with Crippen LogP contribution in [0.15, 0.2) is 18.2 Å². The lowest BCUT2D eigenvalue weighted by atomic mass is 9.88. The molecule has 0 aliphatic carbocycles. The second-order valence-corrected chi connectivity index (χ2v) is 9.92. The van der Waals surface area contributed by atoms with E-state index in [1.165, 1.54) is 4.31 Å². The van der Waals surface area contributed by atoms with Gasteiger partial charge in [-0.25, -0.2) is 13.2 Å². The van der Waals surface area contributed by atoms with Crippen LogP contribution in [0.25, 0.3) is 0 Å². The molecule has 154 valence electrons. The molecule has 3 amide bonds. The number of nitrogens with two attached hydrogens (primary N) is 1. The molecular weight excluding hydrogens is 427 g/mol. The van der Waals surface area contributed by atoms with E-state index in [1.54, 1.807) is 28.0 Å². The Morgan fingerprint density at radius 3 is 2.21 bits per heavy atom. The maximum absolute atomic E-state index is 12.9. The number of likely N-dealkylation sites (tertiary alicyclic amines) is 1. The minimum Gasteiger partial charge on any atom is -0.369 e. The van der Waals surface area contributed by atoms with Crippen LogP contribution in [-0.2, 0) is 14.8 Å². The van der Waals surface area contributed by atoms with E-state index in [0.29, 0.717) is 29.7 Å². The molecule has 11 heteroatoms. The number of urea groups is 1. The van der Waals surface area contributed by atoms with E-state index in [0.717, 1.165) is 11.8 Å². The van der Waals surface area contributed by atoms with Crippen molar-refractivity contribution in [1.29, 1.82) is 0 Å². The molecule has 2 atom stereocenters. The molecule has 2 saturated heterocycles. The van der Waals surface area contributed by atoms with Gasteiger partial charge in [0.25, 0.3) is 0 Å². The average molecular weight is 449 g/mol. The van der Waals surface area contributed by atoms with Crippen molar-refractivity contribution >= 4 is 45.2 Å². The summed E-state index contributed by atoms with van der Waals surface area (Å²) < 4.78 is 24.6. The molecule has 2 N–H and O–H groups in total. The summed E-state index contributed by atoms with van der Waals surface area (Å²) in [6.07, 6.45) is 1.16. The van der Waals surface area contributed by atoms with Gasteiger partial charge in [0.15, 0.2) is 0 Å². The fourth-order valence-corrected chi connectivity index (χ4v) is 4.87. The molecule has 0 unspecified atom stereocenters. The van der Waals surface area contributed by atoms with E-state index < -0.39 is 21.8 Å². The van der Waals surface area contributed by atoms with Crippen LogP contribution in [-0.4, -0.2) is 80.0 Å². The maximum Gasteiger partial charge on any atom is 0.320 e. The Morgan fingerprint density at radius 2 is 1.68 bits per heavy atom. The fourth-order valence-electron chi connectivity index (χ4n) is 3.74. The van der Waals surface area contributed by atoms with Crippen LogP contribution in [0.3, 0.4) is 0 Å². The summed E-state index contributed by atoms with van der Waals surface area (Å²) in [5, 5.41) is 0.791. The van der Waals surface area contributed by atoms with Crippen LogP contribution in [0.2, 0.25) is 10.0 Å². The van der Waals surface area contributed by atoms with Gasteiger partial charge >= 0.3 is 6.03 Å². The Morgan fingerprint density at radius 1 is 1.04 bits per heavy atom. The number of piperazine rings is 1. The number of carbonyl (C=O) groups excluding carboxylic acids is 2. The quantitative estimate of drug-likeness (QED) is 0.749. The van der Waals surface area contributed by atoms with Gasteiger partial charge in [0, 0.05) is 45.2 Å². The number of halogens is 2. The molecule has 1 aromatic carbocycles. The summed E-state index contributed by atoms with van der Waals surface area (Å²) >= 11 is 12.1. The maximum atomic E-state index is 12.9. The summed E-state index contributed by atoms with van der Waals surface area (Å²) in [7, 11) is -3.27. The van der Waals surface area contributed by atoms with Crippen LogP contribution in [0.4, 0.5) is 4.79 Å². The van der Waals surface area contributed by atoms with Gasteiger partial charge in [0.05, 0.1) is 22.2 Å². The van der Waals surface area contributed by atoms with Crippen molar-refractivity contribution in [3.63, 3.8) is 0 Å². The number of nitrogens with zero attached hydrogens (tertiary/aromatic N) is 3. The monoisotopic (exact) mass is 448 g/mol. The van der Waals surface area contributed by atoms with Gasteiger partial charge in [-0.05, 0) is 17.7 Å². The van der Waals surface area contributed by atoms with Gasteiger partial charge in [-0.3, -0.25) is 4.79 Å². The van der Waals surface area contributed by atoms with E-state index in [4.69, 9.17) is 28.9 Å². The molecule has 0 saturated carbocycles. The van der Waals surface area contributed by atoms with E-state index in [2.05, 4.69) is 0 Å². The molecule has 2 aliphatic heterocycles. The largest absolute Gasteiger partial charge is 0.369 e. The fraction of sp³-hybridized carbons (Fsp3) is 0.529. The summed E-state index contributed by atoms with van der Waals surface area (Å²) in [4.78, 5) is 28.1. The van der Waals surface area contributed by atoms with Gasteiger partial charge in [0.1, 0.15) is 0 Å². The molecule has 0 aromatic heterocycles. The molecule has 0 radical (unpaired) electrons. The molecule has 0 spiro atoms. The van der Waals surface area contributed by atoms with Crippen LogP contribution in [0.5, 0.6) is 0 Å². The third-order valence-electron chi connectivity index (χ3n) is 5.31. The van der Waals surface area contributed by atoms with Crippen LogP contribution < -0.4 is 5.73 Å². The third-order valence-corrected chi connectivity index (χ3v) is 7.35. The predicted molar refractivity (Wildman–Crippen MR) is 107 cm³/mol. The summed E-state index contributed by atoms with van der Waals surface area (Å²) in [5.41, 5.74) is 6.38. The first-order valence-corrected chi connectivity index (χ1v) is 11.4. The normalized spacial score (nSPS) is 23.8. The molecule has 0 bridgehead atoms. The van der Waals surface area contributed by atoms with E-state index in [9.17, 15) is 18.0 Å². The third kappa shape index (κ3) is 4.37. The molecular formula is C17H22Cl2N4O4S. The molecule has 2 fully saturated rings. The van der Waals surface area contributed by atoms with Crippen LogP contribution >= 0.6 is 23.2 Å². The van der Waals surface area contributed by atoms with Gasteiger partial charge in [-0.1, -0.05) is 29.3 Å². The van der Waals surface area contributed by atoms with E-state index >= 15 is 0 Å². The Labute approximate surface area is 174 Å². The highest BCUT2D eigenvalue weighted by Gasteiger charge is 2.41. The molecule has 1 aromatic rings. The van der Waals surface area contributed by atoms with Crippen molar-refractivity contribution < 1.29 is 18.0 Å². The highest BCUT2D eigenvalue weighted by atomic mass is 35.5. The number of amides is 3. The van der Waals surface area contributed by atoms with Gasteiger partial charge in [-0.15, -0.1) is 0 Å². The zero-order chi connectivity index (χ0) is 20.6. The first-order chi connectivity index (χ1) is 13.1. The minimum atomic E-state index is -3.27. The number of hydrogen-bond acceptors (Lipinski definition) is 4. The second kappa shape index (κ2) is 8.06. The van der Waals surface area contributed by atoms with Crippen molar-refractivity contribution in [3.8, 4) is 0 Å². The molecule has 2 aliphatic rings. The minimum absolute atomic E-state index is 0.214. The zero-order valence-corrected chi connectivity index (χ0v) is 17.7. The SMILES string of the molecule is CS(=O)(=O)N1CCN(C(=O)N2C[C@@H](C(N)=O)[C@H](c3ccc(Cl)c(Cl)c3)C2)CC1. The van der Waals surface area contributed by atoms with Gasteiger partial charge in [0.2, 0.25) is 15.9 Å². The zero-order valence-electron chi connectivity index (χ0n) is 15.3. The molecule has 3 rings (SSSR count). The highest BCUT2D eigenvalue weighted by molar-refractivity contribution is 7.88. The lowest BCUT2D eigenvalue weighted by Gasteiger charge is -2.35. The smallest absolute Gasteiger partial charge is 0.320 e. The molecule has 28 heavy (non-hydrogen) atoms. The standard InChI is InChI=1S/C17H22Cl2N4O4S/c1-28(26,27)23-6-4-21(5-7-23)17(25)22-9-12(13(10-22)16(20)24)11-2-3-14(18)15(19)8-11/h2-3,8,12-13H,4-7,9-10H2,1H3,(H2,20,24)/t12-,13+/m0/s1. The number of sulfonamides is 1. The van der Waals surface area contributed by atoms with Crippen molar-refractivity contribution in [3.05, 3.63) is 33.8 Å². The number of carbonyl (C=O) groups is 2. The Kier molecular flexibility index (Phi) is 6.09. The second-order valence-electron chi connectivity index (χ2n) is 7.13. The Hall–Kier alpha value is -1.55. The summed E-state index contributed by atoms with van der Waals surface area (Å²) in [6.45, 7) is 1.67. The van der Waals surface area contributed by atoms with Crippen molar-refractivity contribution in [2.24, 2.45) is 11.7 Å². The predicted octanol–water partition coefficient (Wildman–Crippen LogP) is 1.19. The highest BCUT2D eigenvalue weighted by Crippen LogP contribution is 2.36. The van der Waals surface area contributed by atoms with Crippen molar-refractivity contribution in [2.45, 2.75) is 5.92 Å². The number of primary amides is 1. The van der Waals surface area contributed by atoms with Crippen molar-refractivity contribution in [1.82, 2.24) is 14.1 Å². The number of rotatable bonds is 3. The van der Waals surface area contributed by atoms with Gasteiger partial charge < -0.3 is 15.5 Å². The lowest BCUT2D eigenvalue weighted by molar-refractivity contribution is -0.121. The Bertz CT molecular complexity index is 887. The first kappa shape index (κ1) is 21.2. The average Bonchev–Trinajstić information content (AvgIpc) is 3.08. The number of hydrogen-bond donors (Lipinski definition) is 1. The van der Waals surface area contributed by atoms with Crippen molar-refractivity contribution in [2.75, 3.05) is 45.5 Å². The summed E-state index contributed by atoms with van der Waals surface area (Å²) in [5.74, 6) is -1.28. The first-order valence-electron chi connectivity index (χ1n) is 8.81. The lowest BCUT2D eigenvalue weighted by Crippen LogP contribution is -2.53. The molecule has 2 heterocycles. The number of benzene rings is 1. The van der Waals surface area contributed by atoms with E-state index in [1.807, 2.05) is 0 Å². The topological polar surface area (TPSA) is 104 Å². The van der Waals surface area contributed by atoms with E-state index in [-0.39, 0.29) is 31.6 Å². The Balaban J connectivity index is 1.72. The van der Waals surface area contributed by atoms with Crippen LogP contribution in [0.1, 0.15) is 11.5 Å². The summed E-state index contributed by atoms with van der Waals surface area (Å²) in [6, 6.07) is 4.92.